The number of ether oxygens (including phenoxy) is 2. The molecule has 0 aromatic rings. The summed E-state index contributed by atoms with van der Waals surface area (Å²) in [6.45, 7) is 3.32. The summed E-state index contributed by atoms with van der Waals surface area (Å²) >= 11 is 0. The van der Waals surface area contributed by atoms with E-state index in [0.29, 0.717) is 19.3 Å². The first-order valence-corrected chi connectivity index (χ1v) is 21.7. The maximum Gasteiger partial charge on any atom is 0.249 e. The van der Waals surface area contributed by atoms with E-state index < -0.39 is 74.2 Å². The highest BCUT2D eigenvalue weighted by molar-refractivity contribution is 5.80. The maximum atomic E-state index is 13.0. The number of carbonyl (C=O) groups excluding carboxylic acids is 1. The van der Waals surface area contributed by atoms with Gasteiger partial charge < -0.3 is 50.5 Å². The van der Waals surface area contributed by atoms with E-state index in [1.807, 2.05) is 6.08 Å². The van der Waals surface area contributed by atoms with Crippen molar-refractivity contribution in [3.05, 3.63) is 24.3 Å². The Morgan fingerprint density at radius 3 is 1.65 bits per heavy atom. The third-order valence-corrected chi connectivity index (χ3v) is 10.5. The number of carbonyl (C=O) groups is 1. The molecule has 1 amide bonds. The molecule has 0 bridgehead atoms. The molecule has 0 aromatic carbocycles. The number of amides is 1. The van der Waals surface area contributed by atoms with Crippen molar-refractivity contribution in [2.45, 2.75) is 229 Å². The SMILES string of the molecule is CCC/C=C/CC/C=C/CCCC(O)C(O)C(COC1OC(CO)C(O)C(O)C1O)NC(=O)C(O)CCCCCCCCCCCCCCCCCCC. The molecule has 9 atom stereocenters. The molecule has 11 nitrogen and oxygen atoms in total. The number of hydrogen-bond donors (Lipinski definition) is 8. The predicted octanol–water partition coefficient (Wildman–Crippen LogP) is 6.28. The van der Waals surface area contributed by atoms with Gasteiger partial charge in [0.05, 0.1) is 25.4 Å². The molecular formula is C43H81NO10. The Bertz CT molecular complexity index is 934. The van der Waals surface area contributed by atoms with Gasteiger partial charge in [0.2, 0.25) is 5.91 Å². The molecule has 1 heterocycles. The fourth-order valence-corrected chi connectivity index (χ4v) is 6.82. The van der Waals surface area contributed by atoms with E-state index >= 15 is 0 Å². The van der Waals surface area contributed by atoms with Crippen LogP contribution in [0.25, 0.3) is 0 Å². The molecule has 0 spiro atoms. The van der Waals surface area contributed by atoms with Crippen LogP contribution in [-0.2, 0) is 14.3 Å². The molecule has 0 saturated carbocycles. The van der Waals surface area contributed by atoms with Gasteiger partial charge in [0, 0.05) is 0 Å². The minimum Gasteiger partial charge on any atom is -0.394 e. The van der Waals surface area contributed by atoms with E-state index in [9.17, 15) is 40.5 Å². The van der Waals surface area contributed by atoms with Crippen LogP contribution < -0.4 is 5.32 Å². The standard InChI is InChI=1S/C43H81NO10/c1-3-5-7-9-11-13-15-16-17-18-19-20-21-23-25-27-29-31-36(47)42(52)44-34(33-53-43-41(51)40(50)39(49)37(32-45)54-43)38(48)35(46)30-28-26-24-22-14-12-10-8-6-4-2/h8,10,22,24,34-41,43,45-51H,3-7,9,11-21,23,25-33H2,1-2H3,(H,44,52)/b10-8+,24-22+. The van der Waals surface area contributed by atoms with E-state index in [-0.39, 0.29) is 12.8 Å². The summed E-state index contributed by atoms with van der Waals surface area (Å²) in [5.41, 5.74) is 0. The van der Waals surface area contributed by atoms with Gasteiger partial charge in [-0.15, -0.1) is 0 Å². The molecule has 0 aromatic heterocycles. The molecule has 0 radical (unpaired) electrons. The minimum absolute atomic E-state index is 0.246. The lowest BCUT2D eigenvalue weighted by molar-refractivity contribution is -0.303. The van der Waals surface area contributed by atoms with Crippen molar-refractivity contribution in [1.29, 1.82) is 0 Å². The highest BCUT2D eigenvalue weighted by Gasteiger charge is 2.44. The molecule has 8 N–H and O–H groups in total. The molecule has 1 aliphatic rings. The average Bonchev–Trinajstić information content (AvgIpc) is 3.17. The third-order valence-electron chi connectivity index (χ3n) is 10.5. The van der Waals surface area contributed by atoms with E-state index in [1.54, 1.807) is 0 Å². The quantitative estimate of drug-likeness (QED) is 0.0269. The Hall–Kier alpha value is -1.41. The first-order valence-electron chi connectivity index (χ1n) is 21.7. The normalized spacial score (nSPS) is 22.9. The summed E-state index contributed by atoms with van der Waals surface area (Å²) in [5.74, 6) is -0.712. The summed E-state index contributed by atoms with van der Waals surface area (Å²) in [5, 5.41) is 75.3. The molecule has 9 unspecified atom stereocenters. The molecule has 0 aliphatic carbocycles. The lowest BCUT2D eigenvalue weighted by atomic mass is 9.98. The summed E-state index contributed by atoms with van der Waals surface area (Å²) in [6.07, 6.45) is 23.9. The smallest absolute Gasteiger partial charge is 0.249 e. The van der Waals surface area contributed by atoms with E-state index in [1.165, 1.54) is 83.5 Å². The largest absolute Gasteiger partial charge is 0.394 e. The summed E-state index contributed by atoms with van der Waals surface area (Å²) in [7, 11) is 0. The number of rotatable bonds is 35. The van der Waals surface area contributed by atoms with Gasteiger partial charge in [0.15, 0.2) is 6.29 Å². The third kappa shape index (κ3) is 23.6. The lowest BCUT2D eigenvalue weighted by Crippen LogP contribution is -2.60. The zero-order chi connectivity index (χ0) is 39.8. The Labute approximate surface area is 327 Å². The number of allylic oxidation sites excluding steroid dienone is 4. The van der Waals surface area contributed by atoms with Crippen LogP contribution in [0.3, 0.4) is 0 Å². The van der Waals surface area contributed by atoms with Crippen LogP contribution in [0.15, 0.2) is 24.3 Å². The number of aliphatic hydroxyl groups excluding tert-OH is 7. The van der Waals surface area contributed by atoms with Crippen molar-refractivity contribution < 1.29 is 50.0 Å². The number of aliphatic hydroxyl groups is 7. The Morgan fingerprint density at radius 2 is 1.13 bits per heavy atom. The van der Waals surface area contributed by atoms with Gasteiger partial charge in [0.25, 0.3) is 0 Å². The second-order valence-corrected chi connectivity index (χ2v) is 15.4. The van der Waals surface area contributed by atoms with E-state index in [4.69, 9.17) is 9.47 Å². The fourth-order valence-electron chi connectivity index (χ4n) is 6.82. The first-order chi connectivity index (χ1) is 26.2. The average molecular weight is 772 g/mol. The molecule has 1 saturated heterocycles. The van der Waals surface area contributed by atoms with Crippen molar-refractivity contribution in [2.75, 3.05) is 13.2 Å². The molecule has 318 valence electrons. The second kappa shape index (κ2) is 33.7. The summed E-state index contributed by atoms with van der Waals surface area (Å²) in [6, 6.07) is -1.18. The van der Waals surface area contributed by atoms with Crippen LogP contribution in [0.4, 0.5) is 0 Å². The van der Waals surface area contributed by atoms with Crippen molar-refractivity contribution in [3.63, 3.8) is 0 Å². The topological polar surface area (TPSA) is 189 Å². The van der Waals surface area contributed by atoms with Gasteiger partial charge in [-0.2, -0.15) is 0 Å². The van der Waals surface area contributed by atoms with Gasteiger partial charge in [-0.05, 0) is 44.9 Å². The monoisotopic (exact) mass is 772 g/mol. The zero-order valence-corrected chi connectivity index (χ0v) is 34.0. The Kier molecular flexibility index (Phi) is 31.6. The molecule has 1 fully saturated rings. The molecule has 1 rings (SSSR count). The van der Waals surface area contributed by atoms with Gasteiger partial charge in [0.1, 0.15) is 36.6 Å². The zero-order valence-electron chi connectivity index (χ0n) is 34.0. The second-order valence-electron chi connectivity index (χ2n) is 15.4. The number of hydrogen-bond acceptors (Lipinski definition) is 10. The molecule has 11 heteroatoms. The highest BCUT2D eigenvalue weighted by Crippen LogP contribution is 2.23. The fraction of sp³-hybridized carbons (Fsp3) is 0.884. The minimum atomic E-state index is -1.67. The van der Waals surface area contributed by atoms with Gasteiger partial charge >= 0.3 is 0 Å². The van der Waals surface area contributed by atoms with Crippen molar-refractivity contribution >= 4 is 5.91 Å². The molecule has 54 heavy (non-hydrogen) atoms. The maximum absolute atomic E-state index is 13.0. The van der Waals surface area contributed by atoms with Crippen molar-refractivity contribution in [1.82, 2.24) is 5.32 Å². The number of nitrogens with one attached hydrogen (secondary N) is 1. The van der Waals surface area contributed by atoms with E-state index in [0.717, 1.165) is 44.9 Å². The van der Waals surface area contributed by atoms with Gasteiger partial charge in [-0.3, -0.25) is 4.79 Å². The highest BCUT2D eigenvalue weighted by atomic mass is 16.7. The van der Waals surface area contributed by atoms with Crippen LogP contribution in [0, 0.1) is 0 Å². The van der Waals surface area contributed by atoms with Crippen LogP contribution in [0.5, 0.6) is 0 Å². The van der Waals surface area contributed by atoms with Gasteiger partial charge in [-0.25, -0.2) is 0 Å². The molecular weight excluding hydrogens is 690 g/mol. The van der Waals surface area contributed by atoms with Crippen LogP contribution in [0.1, 0.15) is 174 Å². The predicted molar refractivity (Wildman–Crippen MR) is 215 cm³/mol. The Morgan fingerprint density at radius 1 is 0.630 bits per heavy atom. The van der Waals surface area contributed by atoms with E-state index in [2.05, 4.69) is 37.4 Å². The lowest BCUT2D eigenvalue weighted by Gasteiger charge is -2.40. The van der Waals surface area contributed by atoms with Gasteiger partial charge in [-0.1, -0.05) is 154 Å². The molecule has 1 aliphatic heterocycles. The van der Waals surface area contributed by atoms with Crippen LogP contribution in [0.2, 0.25) is 0 Å². The number of unbranched alkanes of at least 4 members (excludes halogenated alkanes) is 19. The van der Waals surface area contributed by atoms with Crippen molar-refractivity contribution in [2.24, 2.45) is 0 Å². The van der Waals surface area contributed by atoms with Crippen LogP contribution in [-0.4, -0.2) is 110 Å². The first kappa shape index (κ1) is 50.6. The van der Waals surface area contributed by atoms with Crippen LogP contribution >= 0.6 is 0 Å². The Balaban J connectivity index is 2.47. The summed E-state index contributed by atoms with van der Waals surface area (Å²) in [4.78, 5) is 13.0. The summed E-state index contributed by atoms with van der Waals surface area (Å²) < 4.78 is 11.0. The van der Waals surface area contributed by atoms with Crippen molar-refractivity contribution in [3.8, 4) is 0 Å².